The van der Waals surface area contributed by atoms with Gasteiger partial charge in [-0.2, -0.15) is 0 Å². The number of likely N-dealkylation sites (tertiary alicyclic amines) is 1. The average molecular weight is 237 g/mol. The Labute approximate surface area is 102 Å². The molecule has 0 bridgehead atoms. The normalized spacial score (nSPS) is 24.9. The molecule has 1 aromatic rings. The monoisotopic (exact) mass is 236 g/mol. The van der Waals surface area contributed by atoms with Gasteiger partial charge in [-0.3, -0.25) is 0 Å². The fourth-order valence-corrected chi connectivity index (χ4v) is 2.75. The van der Waals surface area contributed by atoms with Crippen molar-refractivity contribution in [3.63, 3.8) is 0 Å². The van der Waals surface area contributed by atoms with Gasteiger partial charge in [0.15, 0.2) is 0 Å². The number of benzene rings is 1. The van der Waals surface area contributed by atoms with E-state index < -0.39 is 0 Å². The van der Waals surface area contributed by atoms with Crippen LogP contribution in [0.1, 0.15) is 17.5 Å². The van der Waals surface area contributed by atoms with Crippen molar-refractivity contribution in [1.29, 1.82) is 0 Å². The maximum absolute atomic E-state index is 5.99. The molecule has 0 amide bonds. The summed E-state index contributed by atoms with van der Waals surface area (Å²) in [6, 6.07) is 6.89. The fourth-order valence-electron chi connectivity index (χ4n) is 2.56. The van der Waals surface area contributed by atoms with Crippen molar-refractivity contribution in [2.45, 2.75) is 25.4 Å². The van der Waals surface area contributed by atoms with Crippen LogP contribution in [0, 0.1) is 0 Å². The third-order valence-electron chi connectivity index (χ3n) is 3.64. The zero-order valence-electron chi connectivity index (χ0n) is 9.38. The summed E-state index contributed by atoms with van der Waals surface area (Å²) < 4.78 is 0. The van der Waals surface area contributed by atoms with Crippen molar-refractivity contribution in [2.24, 2.45) is 0 Å². The maximum atomic E-state index is 5.99. The first-order chi connectivity index (χ1) is 7.81. The average Bonchev–Trinajstić information content (AvgIpc) is 2.23. The van der Waals surface area contributed by atoms with Gasteiger partial charge in [-0.25, -0.2) is 0 Å². The van der Waals surface area contributed by atoms with Crippen molar-refractivity contribution in [1.82, 2.24) is 10.2 Å². The molecule has 2 aliphatic heterocycles. The van der Waals surface area contributed by atoms with Gasteiger partial charge in [0.05, 0.1) is 0 Å². The lowest BCUT2D eigenvalue weighted by molar-refractivity contribution is 0.158. The molecule has 2 nitrogen and oxygen atoms in total. The van der Waals surface area contributed by atoms with E-state index in [0.29, 0.717) is 6.04 Å². The highest BCUT2D eigenvalue weighted by Crippen LogP contribution is 2.21. The van der Waals surface area contributed by atoms with Crippen molar-refractivity contribution in [2.75, 3.05) is 19.6 Å². The third kappa shape index (κ3) is 2.10. The molecule has 1 N–H and O–H groups in total. The number of halogens is 1. The number of rotatable bonds is 2. The minimum Gasteiger partial charge on any atom is -0.308 e. The Morgan fingerprint density at radius 3 is 2.94 bits per heavy atom. The summed E-state index contributed by atoms with van der Waals surface area (Å²) in [5.74, 6) is 0. The molecule has 86 valence electrons. The van der Waals surface area contributed by atoms with E-state index in [-0.39, 0.29) is 0 Å². The minimum absolute atomic E-state index is 0.619. The van der Waals surface area contributed by atoms with Crippen LogP contribution in [0.2, 0.25) is 5.02 Å². The molecule has 0 spiro atoms. The molecule has 2 heterocycles. The minimum atomic E-state index is 0.619. The molecule has 16 heavy (non-hydrogen) atoms. The largest absolute Gasteiger partial charge is 0.308 e. The molecule has 0 aromatic heterocycles. The molecule has 0 aliphatic carbocycles. The summed E-state index contributed by atoms with van der Waals surface area (Å²) in [6.45, 7) is 4.73. The van der Waals surface area contributed by atoms with Gasteiger partial charge in [0.25, 0.3) is 0 Å². The van der Waals surface area contributed by atoms with Gasteiger partial charge < -0.3 is 10.2 Å². The molecule has 0 radical (unpaired) electrons. The van der Waals surface area contributed by atoms with Gasteiger partial charge in [-0.15, -0.1) is 0 Å². The molecule has 1 aromatic carbocycles. The Morgan fingerprint density at radius 2 is 2.19 bits per heavy atom. The second-order valence-electron chi connectivity index (χ2n) is 4.85. The highest BCUT2D eigenvalue weighted by molar-refractivity contribution is 6.30. The molecular formula is C13H17ClN2. The van der Waals surface area contributed by atoms with Crippen molar-refractivity contribution < 1.29 is 0 Å². The van der Waals surface area contributed by atoms with Crippen molar-refractivity contribution in [3.05, 3.63) is 34.3 Å². The highest BCUT2D eigenvalue weighted by atomic mass is 35.5. The topological polar surface area (TPSA) is 15.3 Å². The molecule has 1 unspecified atom stereocenters. The summed E-state index contributed by atoms with van der Waals surface area (Å²) >= 11 is 5.99. The number of hydrogen-bond donors (Lipinski definition) is 1. The summed E-state index contributed by atoms with van der Waals surface area (Å²) in [7, 11) is 0. The van der Waals surface area contributed by atoms with Gasteiger partial charge in [0.1, 0.15) is 0 Å². The number of fused-ring (bicyclic) bond motifs is 1. The van der Waals surface area contributed by atoms with Crippen LogP contribution in [-0.4, -0.2) is 30.6 Å². The lowest BCUT2D eigenvalue weighted by Crippen LogP contribution is -2.49. The maximum Gasteiger partial charge on any atom is 0.0409 e. The second-order valence-corrected chi connectivity index (χ2v) is 5.29. The Morgan fingerprint density at radius 1 is 1.31 bits per heavy atom. The highest BCUT2D eigenvalue weighted by Gasteiger charge is 2.22. The Bertz CT molecular complexity index is 388. The standard InChI is InChI=1S/C13H17ClN2/c14-12-3-2-10-7-13(9-16-4-1-5-16)15-8-11(10)6-12/h2-3,6,13,15H,1,4-5,7-9H2. The van der Waals surface area contributed by atoms with Crippen LogP contribution in [0.15, 0.2) is 18.2 Å². The van der Waals surface area contributed by atoms with E-state index in [2.05, 4.69) is 22.3 Å². The summed E-state index contributed by atoms with van der Waals surface area (Å²) in [6.07, 6.45) is 2.52. The lowest BCUT2D eigenvalue weighted by Gasteiger charge is -2.36. The smallest absolute Gasteiger partial charge is 0.0409 e. The molecule has 1 saturated heterocycles. The summed E-state index contributed by atoms with van der Waals surface area (Å²) in [4.78, 5) is 2.53. The van der Waals surface area contributed by atoms with E-state index in [4.69, 9.17) is 11.6 Å². The predicted molar refractivity (Wildman–Crippen MR) is 66.8 cm³/mol. The van der Waals surface area contributed by atoms with Gasteiger partial charge in [0.2, 0.25) is 0 Å². The van der Waals surface area contributed by atoms with Crippen LogP contribution in [0.5, 0.6) is 0 Å². The lowest BCUT2D eigenvalue weighted by atomic mass is 9.95. The molecule has 0 saturated carbocycles. The SMILES string of the molecule is Clc1ccc2c(c1)CNC(CN1CCC1)C2. The van der Waals surface area contributed by atoms with Crippen molar-refractivity contribution in [3.8, 4) is 0 Å². The number of hydrogen-bond acceptors (Lipinski definition) is 2. The first kappa shape index (κ1) is 10.6. The fraction of sp³-hybridized carbons (Fsp3) is 0.538. The molecule has 1 atom stereocenters. The second kappa shape index (κ2) is 4.36. The van der Waals surface area contributed by atoms with Crippen molar-refractivity contribution >= 4 is 11.6 Å². The van der Waals surface area contributed by atoms with E-state index in [1.54, 1.807) is 0 Å². The quantitative estimate of drug-likeness (QED) is 0.846. The van der Waals surface area contributed by atoms with E-state index >= 15 is 0 Å². The zero-order valence-corrected chi connectivity index (χ0v) is 10.1. The zero-order chi connectivity index (χ0) is 11.0. The Balaban J connectivity index is 1.68. The van der Waals surface area contributed by atoms with Crippen LogP contribution in [0.3, 0.4) is 0 Å². The van der Waals surface area contributed by atoms with Gasteiger partial charge in [-0.05, 0) is 49.2 Å². The van der Waals surface area contributed by atoms with Crippen LogP contribution < -0.4 is 5.32 Å². The number of nitrogens with one attached hydrogen (secondary N) is 1. The molecule has 3 heteroatoms. The van der Waals surface area contributed by atoms with Crippen LogP contribution in [0.25, 0.3) is 0 Å². The molecular weight excluding hydrogens is 220 g/mol. The van der Waals surface area contributed by atoms with Gasteiger partial charge in [0, 0.05) is 24.2 Å². The summed E-state index contributed by atoms with van der Waals surface area (Å²) in [5, 5.41) is 4.45. The first-order valence-electron chi connectivity index (χ1n) is 6.04. The van der Waals surface area contributed by atoms with Crippen LogP contribution in [-0.2, 0) is 13.0 Å². The molecule has 1 fully saturated rings. The third-order valence-corrected chi connectivity index (χ3v) is 3.88. The predicted octanol–water partition coefficient (Wildman–Crippen LogP) is 2.06. The van der Waals surface area contributed by atoms with Gasteiger partial charge in [-0.1, -0.05) is 17.7 Å². The molecule has 3 rings (SSSR count). The Hall–Kier alpha value is -0.570. The molecule has 2 aliphatic rings. The van der Waals surface area contributed by atoms with E-state index in [0.717, 1.165) is 18.0 Å². The van der Waals surface area contributed by atoms with E-state index in [9.17, 15) is 0 Å². The Kier molecular flexibility index (Phi) is 2.88. The van der Waals surface area contributed by atoms with E-state index in [1.165, 1.54) is 37.2 Å². The number of nitrogens with zero attached hydrogens (tertiary/aromatic N) is 1. The first-order valence-corrected chi connectivity index (χ1v) is 6.42. The van der Waals surface area contributed by atoms with E-state index in [1.807, 2.05) is 6.07 Å². The van der Waals surface area contributed by atoms with Crippen LogP contribution >= 0.6 is 11.6 Å². The van der Waals surface area contributed by atoms with Crippen LogP contribution in [0.4, 0.5) is 0 Å². The van der Waals surface area contributed by atoms with Gasteiger partial charge >= 0.3 is 0 Å². The summed E-state index contributed by atoms with van der Waals surface area (Å²) in [5.41, 5.74) is 2.83.